The zero-order valence-corrected chi connectivity index (χ0v) is 9.81. The minimum Gasteiger partial charge on any atom is -0.358 e. The maximum Gasteiger partial charge on any atom is 0.419 e. The number of rotatable bonds is 1. The van der Waals surface area contributed by atoms with Crippen LogP contribution in [0.2, 0.25) is 0 Å². The molecule has 0 aliphatic heterocycles. The van der Waals surface area contributed by atoms with Gasteiger partial charge >= 0.3 is 6.18 Å². The van der Waals surface area contributed by atoms with Crippen molar-refractivity contribution in [2.45, 2.75) is 13.1 Å². The fourth-order valence-corrected chi connectivity index (χ4v) is 1.75. The number of alkyl halides is 3. The molecule has 0 aliphatic rings. The Labute approximate surface area is 105 Å². The van der Waals surface area contributed by atoms with Crippen molar-refractivity contribution in [2.75, 3.05) is 0 Å². The summed E-state index contributed by atoms with van der Waals surface area (Å²) in [4.78, 5) is 14.1. The molecule has 2 nitrogen and oxygen atoms in total. The van der Waals surface area contributed by atoms with E-state index in [4.69, 9.17) is 0 Å². The summed E-state index contributed by atoms with van der Waals surface area (Å²) in [6.45, 7) is 1.61. The van der Waals surface area contributed by atoms with Crippen LogP contribution in [-0.2, 0) is 6.18 Å². The van der Waals surface area contributed by atoms with Crippen LogP contribution < -0.4 is 5.43 Å². The normalized spacial score (nSPS) is 11.6. The van der Waals surface area contributed by atoms with E-state index in [0.717, 1.165) is 6.07 Å². The minimum atomic E-state index is -4.77. The van der Waals surface area contributed by atoms with Gasteiger partial charge < -0.3 is 4.98 Å². The molecule has 6 heteroatoms. The molecule has 0 atom stereocenters. The number of hydrogen-bond acceptors (Lipinski definition) is 1. The van der Waals surface area contributed by atoms with Gasteiger partial charge in [-0.25, -0.2) is 4.39 Å². The van der Waals surface area contributed by atoms with Gasteiger partial charge in [-0.05, 0) is 30.7 Å². The Hall–Kier alpha value is -2.11. The van der Waals surface area contributed by atoms with E-state index in [1.54, 1.807) is 6.92 Å². The summed E-state index contributed by atoms with van der Waals surface area (Å²) in [7, 11) is 0. The first kappa shape index (κ1) is 13.3. The van der Waals surface area contributed by atoms with E-state index in [0.29, 0.717) is 11.8 Å². The monoisotopic (exact) mass is 271 g/mol. The number of hydrogen-bond donors (Lipinski definition) is 1. The Kier molecular flexibility index (Phi) is 3.18. The van der Waals surface area contributed by atoms with Gasteiger partial charge in [0.2, 0.25) is 0 Å². The number of aromatic nitrogens is 1. The van der Waals surface area contributed by atoms with E-state index >= 15 is 0 Å². The lowest BCUT2D eigenvalue weighted by Gasteiger charge is -2.10. The summed E-state index contributed by atoms with van der Waals surface area (Å²) in [5.41, 5.74) is -0.845. The summed E-state index contributed by atoms with van der Waals surface area (Å²) < 4.78 is 50.9. The van der Waals surface area contributed by atoms with Crippen LogP contribution in [0.25, 0.3) is 11.3 Å². The first-order valence-electron chi connectivity index (χ1n) is 5.35. The minimum absolute atomic E-state index is 0.106. The van der Waals surface area contributed by atoms with Gasteiger partial charge in [0.25, 0.3) is 0 Å². The highest BCUT2D eigenvalue weighted by Crippen LogP contribution is 2.33. The second-order valence-corrected chi connectivity index (χ2v) is 4.11. The Balaban J connectivity index is 2.61. The molecular formula is C13H9F4NO. The summed E-state index contributed by atoms with van der Waals surface area (Å²) in [6, 6.07) is 5.09. The van der Waals surface area contributed by atoms with E-state index in [1.807, 2.05) is 0 Å². The van der Waals surface area contributed by atoms with Gasteiger partial charge in [0, 0.05) is 23.5 Å². The molecule has 0 radical (unpaired) electrons. The topological polar surface area (TPSA) is 32.9 Å². The third kappa shape index (κ3) is 2.83. The molecule has 0 fully saturated rings. The average molecular weight is 271 g/mol. The second kappa shape index (κ2) is 4.53. The van der Waals surface area contributed by atoms with E-state index in [9.17, 15) is 22.4 Å². The zero-order valence-electron chi connectivity index (χ0n) is 9.81. The van der Waals surface area contributed by atoms with Crippen molar-refractivity contribution in [3.8, 4) is 11.3 Å². The SMILES string of the molecule is Cc1cc(=O)cc(-c2ccc(F)c(C(F)(F)F)c2)[nH]1. The third-order valence-electron chi connectivity index (χ3n) is 2.56. The number of nitrogens with one attached hydrogen (secondary N) is 1. The molecule has 1 heterocycles. The average Bonchev–Trinajstić information content (AvgIpc) is 2.26. The Morgan fingerprint density at radius 1 is 1.11 bits per heavy atom. The number of H-pyrrole nitrogens is 1. The molecule has 0 saturated carbocycles. The number of aromatic amines is 1. The predicted octanol–water partition coefficient (Wildman–Crippen LogP) is 3.51. The smallest absolute Gasteiger partial charge is 0.358 e. The fraction of sp³-hybridized carbons (Fsp3) is 0.154. The zero-order chi connectivity index (χ0) is 14.2. The molecule has 0 aliphatic carbocycles. The molecule has 2 rings (SSSR count). The van der Waals surface area contributed by atoms with E-state index in [2.05, 4.69) is 4.98 Å². The van der Waals surface area contributed by atoms with Gasteiger partial charge in [0.05, 0.1) is 5.56 Å². The number of benzene rings is 1. The lowest BCUT2D eigenvalue weighted by atomic mass is 10.1. The molecule has 1 N–H and O–H groups in total. The van der Waals surface area contributed by atoms with Gasteiger partial charge in [-0.2, -0.15) is 13.2 Å². The van der Waals surface area contributed by atoms with Gasteiger partial charge in [-0.15, -0.1) is 0 Å². The van der Waals surface area contributed by atoms with E-state index < -0.39 is 17.6 Å². The first-order chi connectivity index (χ1) is 8.77. The van der Waals surface area contributed by atoms with Crippen LogP contribution >= 0.6 is 0 Å². The van der Waals surface area contributed by atoms with Gasteiger partial charge in [-0.3, -0.25) is 4.79 Å². The molecule has 100 valence electrons. The van der Waals surface area contributed by atoms with Gasteiger partial charge in [0.1, 0.15) is 5.82 Å². The molecule has 0 unspecified atom stereocenters. The molecule has 1 aromatic carbocycles. The summed E-state index contributed by atoms with van der Waals surface area (Å²) >= 11 is 0. The molecule has 0 saturated heterocycles. The highest BCUT2D eigenvalue weighted by Gasteiger charge is 2.34. The molecular weight excluding hydrogens is 262 g/mol. The van der Waals surface area contributed by atoms with Crippen LogP contribution in [0.5, 0.6) is 0 Å². The standard InChI is InChI=1S/C13H9F4NO/c1-7-4-9(19)6-12(18-7)8-2-3-11(14)10(5-8)13(15,16)17/h2-6H,1H3,(H,18,19). The molecule has 1 aromatic heterocycles. The van der Waals surface area contributed by atoms with Crippen molar-refractivity contribution in [1.29, 1.82) is 0 Å². The number of pyridine rings is 1. The first-order valence-corrected chi connectivity index (χ1v) is 5.35. The van der Waals surface area contributed by atoms with Crippen molar-refractivity contribution in [3.63, 3.8) is 0 Å². The molecule has 0 amide bonds. The van der Waals surface area contributed by atoms with Crippen LogP contribution in [0.15, 0.2) is 35.1 Å². The molecule has 2 aromatic rings. The van der Waals surface area contributed by atoms with Crippen molar-refractivity contribution in [3.05, 3.63) is 57.6 Å². The fourth-order valence-electron chi connectivity index (χ4n) is 1.75. The largest absolute Gasteiger partial charge is 0.419 e. The van der Waals surface area contributed by atoms with Crippen LogP contribution in [0.3, 0.4) is 0 Å². The quantitative estimate of drug-likeness (QED) is 0.791. The van der Waals surface area contributed by atoms with Crippen molar-refractivity contribution < 1.29 is 17.6 Å². The highest BCUT2D eigenvalue weighted by molar-refractivity contribution is 5.60. The van der Waals surface area contributed by atoms with Crippen LogP contribution in [0, 0.1) is 12.7 Å². The van der Waals surface area contributed by atoms with E-state index in [-0.39, 0.29) is 16.7 Å². The molecule has 0 spiro atoms. The molecule has 19 heavy (non-hydrogen) atoms. The maximum absolute atomic E-state index is 13.1. The van der Waals surface area contributed by atoms with Crippen molar-refractivity contribution >= 4 is 0 Å². The van der Waals surface area contributed by atoms with Gasteiger partial charge in [-0.1, -0.05) is 0 Å². The van der Waals surface area contributed by atoms with Gasteiger partial charge in [0.15, 0.2) is 5.43 Å². The lowest BCUT2D eigenvalue weighted by Crippen LogP contribution is -2.09. The van der Waals surface area contributed by atoms with E-state index in [1.165, 1.54) is 18.2 Å². The summed E-state index contributed by atoms with van der Waals surface area (Å²) in [6.07, 6.45) is -4.77. The summed E-state index contributed by atoms with van der Waals surface area (Å²) in [5.74, 6) is -1.34. The Morgan fingerprint density at radius 2 is 1.79 bits per heavy atom. The van der Waals surface area contributed by atoms with Crippen LogP contribution in [-0.4, -0.2) is 4.98 Å². The maximum atomic E-state index is 13.1. The Bertz CT molecular complexity index is 673. The second-order valence-electron chi connectivity index (χ2n) is 4.11. The highest BCUT2D eigenvalue weighted by atomic mass is 19.4. The predicted molar refractivity (Wildman–Crippen MR) is 62.2 cm³/mol. The summed E-state index contributed by atoms with van der Waals surface area (Å²) in [5, 5.41) is 0. The Morgan fingerprint density at radius 3 is 2.37 bits per heavy atom. The third-order valence-corrected chi connectivity index (χ3v) is 2.56. The van der Waals surface area contributed by atoms with Crippen LogP contribution in [0.1, 0.15) is 11.3 Å². The van der Waals surface area contributed by atoms with Crippen molar-refractivity contribution in [2.24, 2.45) is 0 Å². The number of halogens is 4. The number of aryl methyl sites for hydroxylation is 1. The van der Waals surface area contributed by atoms with Crippen LogP contribution in [0.4, 0.5) is 17.6 Å². The van der Waals surface area contributed by atoms with Crippen molar-refractivity contribution in [1.82, 2.24) is 4.98 Å². The molecule has 0 bridgehead atoms. The lowest BCUT2D eigenvalue weighted by molar-refractivity contribution is -0.139.